The Labute approximate surface area is 113 Å². The number of hydrogen-bond acceptors (Lipinski definition) is 3. The maximum atomic E-state index is 11.4. The number of nitrogens with one attached hydrogen (secondary N) is 1. The highest BCUT2D eigenvalue weighted by atomic mass is 16.5. The molecule has 0 bridgehead atoms. The topological polar surface area (TPSA) is 41.6 Å². The van der Waals surface area contributed by atoms with Gasteiger partial charge >= 0.3 is 0 Å². The fourth-order valence-electron chi connectivity index (χ4n) is 1.20. The van der Waals surface area contributed by atoms with E-state index < -0.39 is 0 Å². The van der Waals surface area contributed by atoms with Crippen LogP contribution in [0.3, 0.4) is 0 Å². The standard InChI is InChI=1S/C12H26N2O2.C2H6/c1-12(2,3)6-8-14(4)10-11(15)13-7-9-16-5;1-2/h6-10H2,1-5H3,(H,13,15);1-2H3. The third-order valence-corrected chi connectivity index (χ3v) is 2.29. The van der Waals surface area contributed by atoms with E-state index in [0.717, 1.165) is 13.0 Å². The summed E-state index contributed by atoms with van der Waals surface area (Å²) in [4.78, 5) is 13.5. The highest BCUT2D eigenvalue weighted by Crippen LogP contribution is 2.18. The first kappa shape index (κ1) is 19.7. The number of carbonyl (C=O) groups is 1. The Balaban J connectivity index is 0. The van der Waals surface area contributed by atoms with Crippen LogP contribution in [0.4, 0.5) is 0 Å². The van der Waals surface area contributed by atoms with Crippen molar-refractivity contribution in [3.8, 4) is 0 Å². The molecule has 18 heavy (non-hydrogen) atoms. The third kappa shape index (κ3) is 15.4. The van der Waals surface area contributed by atoms with Crippen LogP contribution in [0.5, 0.6) is 0 Å². The maximum Gasteiger partial charge on any atom is 0.234 e. The minimum absolute atomic E-state index is 0.0634. The van der Waals surface area contributed by atoms with Crippen molar-refractivity contribution in [1.29, 1.82) is 0 Å². The van der Waals surface area contributed by atoms with Crippen LogP contribution >= 0.6 is 0 Å². The van der Waals surface area contributed by atoms with Crippen molar-refractivity contribution in [3.05, 3.63) is 0 Å². The molecule has 4 heteroatoms. The van der Waals surface area contributed by atoms with E-state index in [2.05, 4.69) is 26.1 Å². The summed E-state index contributed by atoms with van der Waals surface area (Å²) in [6.45, 7) is 13.2. The van der Waals surface area contributed by atoms with Crippen molar-refractivity contribution >= 4 is 5.91 Å². The van der Waals surface area contributed by atoms with Crippen molar-refractivity contribution in [2.24, 2.45) is 5.41 Å². The van der Waals surface area contributed by atoms with Gasteiger partial charge in [0.05, 0.1) is 13.2 Å². The van der Waals surface area contributed by atoms with E-state index in [1.165, 1.54) is 0 Å². The summed E-state index contributed by atoms with van der Waals surface area (Å²) in [5.74, 6) is 0.0634. The van der Waals surface area contributed by atoms with Gasteiger partial charge in [0.2, 0.25) is 5.91 Å². The Morgan fingerprint density at radius 3 is 2.28 bits per heavy atom. The van der Waals surface area contributed by atoms with Gasteiger partial charge in [0.15, 0.2) is 0 Å². The first-order valence-electron chi connectivity index (χ1n) is 6.79. The molecular weight excluding hydrogens is 228 g/mol. The fraction of sp³-hybridized carbons (Fsp3) is 0.929. The van der Waals surface area contributed by atoms with Crippen LogP contribution in [0.25, 0.3) is 0 Å². The number of hydrogen-bond donors (Lipinski definition) is 1. The Hall–Kier alpha value is -0.610. The van der Waals surface area contributed by atoms with Gasteiger partial charge in [-0.2, -0.15) is 0 Å². The average molecular weight is 260 g/mol. The maximum absolute atomic E-state index is 11.4. The van der Waals surface area contributed by atoms with E-state index in [1.54, 1.807) is 7.11 Å². The van der Waals surface area contributed by atoms with E-state index in [-0.39, 0.29) is 5.91 Å². The number of methoxy groups -OCH3 is 1. The molecule has 0 saturated heterocycles. The lowest BCUT2D eigenvalue weighted by Crippen LogP contribution is -2.37. The van der Waals surface area contributed by atoms with E-state index in [1.807, 2.05) is 25.8 Å². The van der Waals surface area contributed by atoms with E-state index in [4.69, 9.17) is 4.74 Å². The molecule has 0 aliphatic heterocycles. The second-order valence-corrected chi connectivity index (χ2v) is 5.39. The summed E-state index contributed by atoms with van der Waals surface area (Å²) in [5, 5.41) is 2.81. The van der Waals surface area contributed by atoms with Gasteiger partial charge in [0.1, 0.15) is 0 Å². The number of likely N-dealkylation sites (N-methyl/N-ethyl adjacent to an activating group) is 1. The lowest BCUT2D eigenvalue weighted by atomic mass is 9.92. The van der Waals surface area contributed by atoms with E-state index >= 15 is 0 Å². The molecule has 0 aromatic rings. The molecule has 0 fully saturated rings. The van der Waals surface area contributed by atoms with Crippen LogP contribution in [0.15, 0.2) is 0 Å². The number of amides is 1. The Morgan fingerprint density at radius 2 is 1.83 bits per heavy atom. The molecule has 0 aromatic carbocycles. The van der Waals surface area contributed by atoms with Crippen molar-refractivity contribution in [3.63, 3.8) is 0 Å². The van der Waals surface area contributed by atoms with Gasteiger partial charge < -0.3 is 10.1 Å². The molecule has 0 atom stereocenters. The zero-order valence-electron chi connectivity index (χ0n) is 13.3. The molecule has 0 aliphatic carbocycles. The molecule has 0 unspecified atom stereocenters. The summed E-state index contributed by atoms with van der Waals surface area (Å²) in [7, 11) is 3.60. The van der Waals surface area contributed by atoms with Gasteiger partial charge in [-0.15, -0.1) is 0 Å². The molecule has 0 heterocycles. The molecule has 1 N–H and O–H groups in total. The molecule has 0 radical (unpaired) electrons. The number of nitrogens with zero attached hydrogens (tertiary/aromatic N) is 1. The van der Waals surface area contributed by atoms with Gasteiger partial charge in [-0.1, -0.05) is 34.6 Å². The first-order valence-corrected chi connectivity index (χ1v) is 6.79. The Bertz CT molecular complexity index is 200. The van der Waals surface area contributed by atoms with Crippen LogP contribution in [-0.2, 0) is 9.53 Å². The molecule has 110 valence electrons. The predicted molar refractivity (Wildman–Crippen MR) is 77.8 cm³/mol. The normalized spacial score (nSPS) is 10.9. The average Bonchev–Trinajstić information content (AvgIpc) is 2.28. The van der Waals surface area contributed by atoms with Crippen LogP contribution < -0.4 is 5.32 Å². The van der Waals surface area contributed by atoms with Crippen molar-refractivity contribution in [1.82, 2.24) is 10.2 Å². The summed E-state index contributed by atoms with van der Waals surface area (Å²) < 4.78 is 4.86. The second kappa shape index (κ2) is 11.5. The molecule has 4 nitrogen and oxygen atoms in total. The van der Waals surface area contributed by atoms with Gasteiger partial charge in [-0.25, -0.2) is 0 Å². The SMILES string of the molecule is CC.COCCNC(=O)CN(C)CCC(C)(C)C. The first-order chi connectivity index (χ1) is 8.35. The van der Waals surface area contributed by atoms with Gasteiger partial charge in [0, 0.05) is 13.7 Å². The molecule has 0 rings (SSSR count). The highest BCUT2D eigenvalue weighted by molar-refractivity contribution is 5.77. The Morgan fingerprint density at radius 1 is 1.28 bits per heavy atom. The van der Waals surface area contributed by atoms with Crippen molar-refractivity contribution in [2.45, 2.75) is 41.0 Å². The molecule has 0 aromatic heterocycles. The zero-order valence-corrected chi connectivity index (χ0v) is 13.3. The minimum Gasteiger partial charge on any atom is -0.383 e. The smallest absolute Gasteiger partial charge is 0.234 e. The largest absolute Gasteiger partial charge is 0.383 e. The van der Waals surface area contributed by atoms with Crippen LogP contribution in [0.1, 0.15) is 41.0 Å². The van der Waals surface area contributed by atoms with Gasteiger partial charge in [-0.3, -0.25) is 9.69 Å². The molecular formula is C14H32N2O2. The predicted octanol–water partition coefficient (Wildman–Crippen LogP) is 2.14. The monoisotopic (exact) mass is 260 g/mol. The number of carbonyl (C=O) groups excluding carboxylic acids is 1. The molecule has 0 spiro atoms. The molecule has 0 saturated carbocycles. The summed E-state index contributed by atoms with van der Waals surface area (Å²) in [6, 6.07) is 0. The highest BCUT2D eigenvalue weighted by Gasteiger charge is 2.12. The van der Waals surface area contributed by atoms with Crippen LogP contribution in [0, 0.1) is 5.41 Å². The van der Waals surface area contributed by atoms with Crippen molar-refractivity contribution < 1.29 is 9.53 Å². The lowest BCUT2D eigenvalue weighted by Gasteiger charge is -2.23. The zero-order chi connectivity index (χ0) is 14.6. The molecule has 1 amide bonds. The Kier molecular flexibility index (Phi) is 12.6. The molecule has 0 aliphatic rings. The summed E-state index contributed by atoms with van der Waals surface area (Å²) >= 11 is 0. The third-order valence-electron chi connectivity index (χ3n) is 2.29. The lowest BCUT2D eigenvalue weighted by molar-refractivity contribution is -0.122. The van der Waals surface area contributed by atoms with E-state index in [9.17, 15) is 4.79 Å². The van der Waals surface area contributed by atoms with Crippen LogP contribution in [-0.4, -0.2) is 51.2 Å². The van der Waals surface area contributed by atoms with Gasteiger partial charge in [0.25, 0.3) is 0 Å². The fourth-order valence-corrected chi connectivity index (χ4v) is 1.20. The van der Waals surface area contributed by atoms with Gasteiger partial charge in [-0.05, 0) is 25.4 Å². The second-order valence-electron chi connectivity index (χ2n) is 5.39. The summed E-state index contributed by atoms with van der Waals surface area (Å²) in [6.07, 6.45) is 1.09. The quantitative estimate of drug-likeness (QED) is 0.713. The van der Waals surface area contributed by atoms with Crippen LogP contribution in [0.2, 0.25) is 0 Å². The number of rotatable bonds is 7. The van der Waals surface area contributed by atoms with E-state index in [0.29, 0.717) is 25.1 Å². The minimum atomic E-state index is 0.0634. The van der Waals surface area contributed by atoms with Crippen molar-refractivity contribution in [2.75, 3.05) is 40.4 Å². The summed E-state index contributed by atoms with van der Waals surface area (Å²) in [5.41, 5.74) is 0.320. The number of ether oxygens (including phenoxy) is 1.